The van der Waals surface area contributed by atoms with Crippen LogP contribution in [-0.2, 0) is 42.8 Å². The third kappa shape index (κ3) is 12.6. The quantitative estimate of drug-likeness (QED) is 0.231. The van der Waals surface area contributed by atoms with Crippen molar-refractivity contribution in [2.24, 2.45) is 5.41 Å². The Morgan fingerprint density at radius 1 is 0.615 bits per heavy atom. The molecule has 0 aromatic heterocycles. The van der Waals surface area contributed by atoms with E-state index in [-0.39, 0.29) is 76.8 Å². The first-order chi connectivity index (χ1) is 12.4. The minimum absolute atomic E-state index is 0.152. The molecule has 9 nitrogen and oxygen atoms in total. The van der Waals surface area contributed by atoms with Crippen molar-refractivity contribution in [2.75, 3.05) is 61.0 Å². The second-order valence-corrected chi connectivity index (χ2v) is 5.95. The number of esters is 3. The van der Waals surface area contributed by atoms with Gasteiger partial charge in [-0.05, 0) is 0 Å². The van der Waals surface area contributed by atoms with E-state index < -0.39 is 5.41 Å². The minimum atomic E-state index is -0.512. The summed E-state index contributed by atoms with van der Waals surface area (Å²) < 4.78 is 30.2. The van der Waals surface area contributed by atoms with Gasteiger partial charge in [0, 0.05) is 5.41 Å². The van der Waals surface area contributed by atoms with Crippen molar-refractivity contribution in [3.05, 3.63) is 0 Å². The molecule has 0 heterocycles. The van der Waals surface area contributed by atoms with Crippen LogP contribution < -0.4 is 0 Å². The van der Waals surface area contributed by atoms with E-state index in [2.05, 4.69) is 14.2 Å². The minimum Gasteiger partial charge on any atom is -0.469 e. The van der Waals surface area contributed by atoms with Gasteiger partial charge >= 0.3 is 17.9 Å². The SMILES string of the molecule is COC(=O)CCOCC(C)(COCCC(=O)OC)COCCC(=O)OC. The largest absolute Gasteiger partial charge is 0.469 e. The van der Waals surface area contributed by atoms with E-state index in [1.54, 1.807) is 0 Å². The van der Waals surface area contributed by atoms with E-state index in [9.17, 15) is 14.4 Å². The maximum absolute atomic E-state index is 11.1. The van der Waals surface area contributed by atoms with Gasteiger partial charge < -0.3 is 28.4 Å². The normalized spacial score (nSPS) is 11.1. The van der Waals surface area contributed by atoms with Gasteiger partial charge in [-0.3, -0.25) is 14.4 Å². The third-order valence-corrected chi connectivity index (χ3v) is 3.39. The molecule has 0 saturated carbocycles. The van der Waals surface area contributed by atoms with Gasteiger partial charge in [0.15, 0.2) is 0 Å². The first-order valence-electron chi connectivity index (χ1n) is 8.30. The molecule has 26 heavy (non-hydrogen) atoms. The lowest BCUT2D eigenvalue weighted by molar-refractivity contribution is -0.142. The molecular weight excluding hydrogens is 348 g/mol. The summed E-state index contributed by atoms with van der Waals surface area (Å²) in [5.74, 6) is -1.05. The number of methoxy groups -OCH3 is 3. The lowest BCUT2D eigenvalue weighted by Gasteiger charge is -2.29. The fourth-order valence-corrected chi connectivity index (χ4v) is 1.85. The highest BCUT2D eigenvalue weighted by molar-refractivity contribution is 5.69. The van der Waals surface area contributed by atoms with E-state index in [4.69, 9.17) is 14.2 Å². The van der Waals surface area contributed by atoms with Crippen molar-refractivity contribution in [3.63, 3.8) is 0 Å². The van der Waals surface area contributed by atoms with Gasteiger partial charge in [-0.1, -0.05) is 6.92 Å². The summed E-state index contributed by atoms with van der Waals surface area (Å²) in [6.45, 7) is 3.37. The maximum atomic E-state index is 11.1. The molecule has 0 aliphatic heterocycles. The molecule has 0 amide bonds. The summed E-state index contributed by atoms with van der Waals surface area (Å²) in [6, 6.07) is 0. The molecule has 0 aliphatic rings. The zero-order valence-electron chi connectivity index (χ0n) is 16.0. The summed E-state index contributed by atoms with van der Waals surface area (Å²) in [5.41, 5.74) is -0.512. The number of rotatable bonds is 15. The Hall–Kier alpha value is -1.71. The van der Waals surface area contributed by atoms with Crippen LogP contribution in [0.2, 0.25) is 0 Å². The van der Waals surface area contributed by atoms with Crippen LogP contribution in [0.3, 0.4) is 0 Å². The van der Waals surface area contributed by atoms with Crippen LogP contribution in [0, 0.1) is 5.41 Å². The number of hydrogen-bond acceptors (Lipinski definition) is 9. The molecule has 0 aromatic rings. The molecule has 0 unspecified atom stereocenters. The Morgan fingerprint density at radius 2 is 0.885 bits per heavy atom. The van der Waals surface area contributed by atoms with E-state index >= 15 is 0 Å². The molecule has 0 fully saturated rings. The van der Waals surface area contributed by atoms with Crippen LogP contribution in [0.1, 0.15) is 26.2 Å². The van der Waals surface area contributed by atoms with Crippen molar-refractivity contribution >= 4 is 17.9 Å². The molecule has 0 rings (SSSR count). The van der Waals surface area contributed by atoms with Crippen molar-refractivity contribution in [2.45, 2.75) is 26.2 Å². The lowest BCUT2D eigenvalue weighted by Crippen LogP contribution is -2.35. The highest BCUT2D eigenvalue weighted by atomic mass is 16.5. The standard InChI is InChI=1S/C17H30O9/c1-17(11-24-8-5-14(18)21-2,12-25-9-6-15(19)22-3)13-26-10-7-16(20)23-4/h5-13H2,1-4H3. The molecule has 152 valence electrons. The molecule has 0 spiro atoms. The van der Waals surface area contributed by atoms with Crippen molar-refractivity contribution in [1.82, 2.24) is 0 Å². The number of hydrogen-bond donors (Lipinski definition) is 0. The first kappa shape index (κ1) is 24.3. The monoisotopic (exact) mass is 378 g/mol. The van der Waals surface area contributed by atoms with Crippen LogP contribution in [0.5, 0.6) is 0 Å². The Balaban J connectivity index is 4.32. The zero-order valence-corrected chi connectivity index (χ0v) is 16.0. The van der Waals surface area contributed by atoms with Crippen LogP contribution in [0.4, 0.5) is 0 Å². The van der Waals surface area contributed by atoms with Gasteiger partial charge in [0.1, 0.15) is 0 Å². The van der Waals surface area contributed by atoms with Gasteiger partial charge in [0.25, 0.3) is 0 Å². The number of carbonyl (C=O) groups is 3. The molecular formula is C17H30O9. The number of ether oxygens (including phenoxy) is 6. The van der Waals surface area contributed by atoms with Crippen molar-refractivity contribution < 1.29 is 42.8 Å². The van der Waals surface area contributed by atoms with Gasteiger partial charge in [-0.25, -0.2) is 0 Å². The summed E-state index contributed by atoms with van der Waals surface area (Å²) >= 11 is 0. The molecule has 0 bridgehead atoms. The topological polar surface area (TPSA) is 107 Å². The number of carbonyl (C=O) groups excluding carboxylic acids is 3. The molecule has 0 atom stereocenters. The average Bonchev–Trinajstić information content (AvgIpc) is 2.65. The molecule has 0 N–H and O–H groups in total. The van der Waals surface area contributed by atoms with E-state index in [0.717, 1.165) is 0 Å². The van der Waals surface area contributed by atoms with Gasteiger partial charge in [-0.2, -0.15) is 0 Å². The van der Waals surface area contributed by atoms with E-state index in [1.807, 2.05) is 6.92 Å². The second kappa shape index (κ2) is 14.5. The summed E-state index contributed by atoms with van der Waals surface area (Å²) in [5, 5.41) is 0. The highest BCUT2D eigenvalue weighted by Crippen LogP contribution is 2.19. The van der Waals surface area contributed by atoms with E-state index in [1.165, 1.54) is 21.3 Å². The Bertz CT molecular complexity index is 363. The third-order valence-electron chi connectivity index (χ3n) is 3.39. The van der Waals surface area contributed by atoms with Crippen molar-refractivity contribution in [3.8, 4) is 0 Å². The summed E-state index contributed by atoms with van der Waals surface area (Å²) in [6.07, 6.45) is 0.455. The first-order valence-corrected chi connectivity index (χ1v) is 8.30. The molecule has 0 aliphatic carbocycles. The van der Waals surface area contributed by atoms with Crippen LogP contribution in [0.25, 0.3) is 0 Å². The van der Waals surface area contributed by atoms with Crippen LogP contribution in [-0.4, -0.2) is 78.9 Å². The van der Waals surface area contributed by atoms with Gasteiger partial charge in [0.05, 0.1) is 80.2 Å². The Kier molecular flexibility index (Phi) is 13.5. The second-order valence-electron chi connectivity index (χ2n) is 5.95. The van der Waals surface area contributed by atoms with Gasteiger partial charge in [-0.15, -0.1) is 0 Å². The lowest BCUT2D eigenvalue weighted by atomic mass is 9.94. The molecule has 0 aromatic carbocycles. The summed E-state index contributed by atoms with van der Waals surface area (Å²) in [4.78, 5) is 33.3. The zero-order chi connectivity index (χ0) is 19.8. The predicted molar refractivity (Wildman–Crippen MR) is 90.5 cm³/mol. The smallest absolute Gasteiger partial charge is 0.307 e. The molecule has 9 heteroatoms. The van der Waals surface area contributed by atoms with Crippen molar-refractivity contribution in [1.29, 1.82) is 0 Å². The van der Waals surface area contributed by atoms with Gasteiger partial charge in [0.2, 0.25) is 0 Å². The predicted octanol–water partition coefficient (Wildman–Crippen LogP) is 0.732. The van der Waals surface area contributed by atoms with E-state index in [0.29, 0.717) is 0 Å². The van der Waals surface area contributed by atoms with Crippen LogP contribution in [0.15, 0.2) is 0 Å². The summed E-state index contributed by atoms with van der Waals surface area (Å²) in [7, 11) is 3.95. The Morgan fingerprint density at radius 3 is 1.12 bits per heavy atom. The van der Waals surface area contributed by atoms with Crippen LogP contribution >= 0.6 is 0 Å². The average molecular weight is 378 g/mol. The molecule has 0 radical (unpaired) electrons. The fraction of sp³-hybridized carbons (Fsp3) is 0.824. The fourth-order valence-electron chi connectivity index (χ4n) is 1.85. The maximum Gasteiger partial charge on any atom is 0.307 e. The highest BCUT2D eigenvalue weighted by Gasteiger charge is 2.26. The Labute approximate surface area is 154 Å². The molecule has 0 saturated heterocycles.